The smallest absolute Gasteiger partial charge is 0.223 e. The molecule has 8 heteroatoms. The van der Waals surface area contributed by atoms with Crippen LogP contribution in [0.25, 0.3) is 10.2 Å². The van der Waals surface area contributed by atoms with Gasteiger partial charge in [-0.3, -0.25) is 4.79 Å². The fourth-order valence-electron chi connectivity index (χ4n) is 3.87. The number of nitrogens with two attached hydrogens (primary N) is 1. The quantitative estimate of drug-likeness (QED) is 0.554. The lowest BCUT2D eigenvalue weighted by molar-refractivity contribution is 0.0994. The summed E-state index contributed by atoms with van der Waals surface area (Å²) in [6.45, 7) is 0. The van der Waals surface area contributed by atoms with Gasteiger partial charge in [-0.25, -0.2) is 9.97 Å². The number of carbonyl (C=O) groups is 1. The number of aromatic nitrogens is 2. The summed E-state index contributed by atoms with van der Waals surface area (Å²) in [5.41, 5.74) is 8.40. The SMILES string of the molecule is COc1ccc(CC(=O)c2csc3cnc(N[C@@H]4CCCC[C@@H]4N)nc23)cc1OC. The molecule has 2 aromatic heterocycles. The zero-order valence-corrected chi connectivity index (χ0v) is 18.0. The molecule has 0 amide bonds. The zero-order chi connectivity index (χ0) is 21.1. The fraction of sp³-hybridized carbons (Fsp3) is 0.409. The third-order valence-corrected chi connectivity index (χ3v) is 6.47. The summed E-state index contributed by atoms with van der Waals surface area (Å²) >= 11 is 1.48. The van der Waals surface area contributed by atoms with E-state index < -0.39 is 0 Å². The number of rotatable bonds is 7. The first-order valence-corrected chi connectivity index (χ1v) is 11.0. The maximum absolute atomic E-state index is 13.0. The first-order valence-electron chi connectivity index (χ1n) is 10.1. The van der Waals surface area contributed by atoms with Gasteiger partial charge in [0.25, 0.3) is 0 Å². The average molecular weight is 427 g/mol. The monoisotopic (exact) mass is 426 g/mol. The Morgan fingerprint density at radius 1 is 1.23 bits per heavy atom. The molecule has 2 heterocycles. The normalized spacial score (nSPS) is 18.9. The molecule has 1 aliphatic rings. The Morgan fingerprint density at radius 2 is 2.03 bits per heavy atom. The number of methoxy groups -OCH3 is 2. The minimum absolute atomic E-state index is 0.00693. The van der Waals surface area contributed by atoms with Crippen LogP contribution in [0.5, 0.6) is 11.5 Å². The highest BCUT2D eigenvalue weighted by atomic mass is 32.1. The van der Waals surface area contributed by atoms with Crippen molar-refractivity contribution < 1.29 is 14.3 Å². The minimum atomic E-state index is 0.00693. The second kappa shape index (κ2) is 8.97. The van der Waals surface area contributed by atoms with Crippen molar-refractivity contribution in [3.63, 3.8) is 0 Å². The van der Waals surface area contributed by atoms with E-state index in [0.717, 1.165) is 29.5 Å². The standard InChI is InChI=1S/C22H26N4O3S/c1-28-18-8-7-13(10-19(18)29-2)9-17(27)14-12-30-20-11-24-22(26-21(14)20)25-16-6-4-3-5-15(16)23/h7-8,10-12,15-16H,3-6,9,23H2,1-2H3,(H,24,25,26)/t15-,16+/m0/s1. The largest absolute Gasteiger partial charge is 0.493 e. The van der Waals surface area contributed by atoms with Crippen molar-refractivity contribution in [2.75, 3.05) is 19.5 Å². The predicted octanol–water partition coefficient (Wildman–Crippen LogP) is 3.82. The Labute approximate surface area is 179 Å². The number of anilines is 1. The molecule has 3 N–H and O–H groups in total. The van der Waals surface area contributed by atoms with E-state index in [1.54, 1.807) is 20.4 Å². The van der Waals surface area contributed by atoms with Crippen molar-refractivity contribution in [2.24, 2.45) is 5.73 Å². The number of thiophene rings is 1. The summed E-state index contributed by atoms with van der Waals surface area (Å²) in [7, 11) is 3.17. The predicted molar refractivity (Wildman–Crippen MR) is 119 cm³/mol. The molecule has 3 aromatic rings. The van der Waals surface area contributed by atoms with Gasteiger partial charge in [-0.2, -0.15) is 0 Å². The van der Waals surface area contributed by atoms with E-state index in [1.165, 1.54) is 17.8 Å². The van der Waals surface area contributed by atoms with Crippen LogP contribution in [0.3, 0.4) is 0 Å². The Kier molecular flexibility index (Phi) is 6.15. The molecule has 2 atom stereocenters. The number of carbonyl (C=O) groups excluding carboxylic acids is 1. The molecule has 0 bridgehead atoms. The maximum Gasteiger partial charge on any atom is 0.223 e. The lowest BCUT2D eigenvalue weighted by Crippen LogP contribution is -2.42. The summed E-state index contributed by atoms with van der Waals surface area (Å²) in [5.74, 6) is 1.78. The Balaban J connectivity index is 1.55. The van der Waals surface area contributed by atoms with Gasteiger partial charge in [-0.1, -0.05) is 18.9 Å². The molecule has 158 valence electrons. The summed E-state index contributed by atoms with van der Waals surface area (Å²) in [4.78, 5) is 22.1. The first kappa shape index (κ1) is 20.6. The highest BCUT2D eigenvalue weighted by molar-refractivity contribution is 7.17. The number of nitrogens with zero attached hydrogens (tertiary/aromatic N) is 2. The van der Waals surface area contributed by atoms with Crippen LogP contribution < -0.4 is 20.5 Å². The highest BCUT2D eigenvalue weighted by Crippen LogP contribution is 2.30. The molecule has 0 aliphatic heterocycles. The van der Waals surface area contributed by atoms with Gasteiger partial charge in [0, 0.05) is 23.9 Å². The van der Waals surface area contributed by atoms with E-state index in [0.29, 0.717) is 28.5 Å². The first-order chi connectivity index (χ1) is 14.6. The number of Topliss-reactive ketones (excluding diaryl/α,β-unsaturated/α-hetero) is 1. The number of fused-ring (bicyclic) bond motifs is 1. The minimum Gasteiger partial charge on any atom is -0.493 e. The van der Waals surface area contributed by atoms with Crippen molar-refractivity contribution in [2.45, 2.75) is 44.2 Å². The van der Waals surface area contributed by atoms with Crippen LogP contribution in [0.4, 0.5) is 5.95 Å². The van der Waals surface area contributed by atoms with Gasteiger partial charge in [-0.05, 0) is 30.5 Å². The van der Waals surface area contributed by atoms with Crippen molar-refractivity contribution in [3.05, 3.63) is 40.9 Å². The summed E-state index contributed by atoms with van der Waals surface area (Å²) in [5, 5.41) is 5.23. The molecule has 1 fully saturated rings. The van der Waals surface area contributed by atoms with Crippen molar-refractivity contribution in [3.8, 4) is 11.5 Å². The van der Waals surface area contributed by atoms with Crippen LogP contribution in [0.15, 0.2) is 29.8 Å². The molecule has 0 spiro atoms. The van der Waals surface area contributed by atoms with E-state index in [2.05, 4.69) is 15.3 Å². The molecule has 1 aromatic carbocycles. The summed E-state index contributed by atoms with van der Waals surface area (Å²) < 4.78 is 11.5. The van der Waals surface area contributed by atoms with Crippen molar-refractivity contribution >= 4 is 33.3 Å². The van der Waals surface area contributed by atoms with Gasteiger partial charge in [0.05, 0.1) is 36.2 Å². The number of hydrogen-bond acceptors (Lipinski definition) is 8. The van der Waals surface area contributed by atoms with Crippen LogP contribution in [0.2, 0.25) is 0 Å². The van der Waals surface area contributed by atoms with Gasteiger partial charge in [0.1, 0.15) is 0 Å². The highest BCUT2D eigenvalue weighted by Gasteiger charge is 2.23. The number of ketones is 1. The number of nitrogens with one attached hydrogen (secondary N) is 1. The van der Waals surface area contributed by atoms with Gasteiger partial charge in [0.2, 0.25) is 5.95 Å². The summed E-state index contributed by atoms with van der Waals surface area (Å²) in [6.07, 6.45) is 6.37. The molecule has 1 saturated carbocycles. The average Bonchev–Trinajstić information content (AvgIpc) is 3.18. The van der Waals surface area contributed by atoms with E-state index in [1.807, 2.05) is 23.6 Å². The maximum atomic E-state index is 13.0. The molecular formula is C22H26N4O3S. The van der Waals surface area contributed by atoms with Gasteiger partial charge in [-0.15, -0.1) is 11.3 Å². The molecule has 30 heavy (non-hydrogen) atoms. The number of benzene rings is 1. The van der Waals surface area contributed by atoms with E-state index >= 15 is 0 Å². The van der Waals surface area contributed by atoms with Gasteiger partial charge < -0.3 is 20.5 Å². The lowest BCUT2D eigenvalue weighted by Gasteiger charge is -2.29. The van der Waals surface area contributed by atoms with Crippen LogP contribution in [-0.2, 0) is 6.42 Å². The topological polar surface area (TPSA) is 99.4 Å². The second-order valence-electron chi connectivity index (χ2n) is 7.54. The van der Waals surface area contributed by atoms with Crippen LogP contribution in [0.1, 0.15) is 41.6 Å². The van der Waals surface area contributed by atoms with Crippen molar-refractivity contribution in [1.82, 2.24) is 9.97 Å². The molecule has 1 aliphatic carbocycles. The molecule has 4 rings (SSSR count). The molecule has 0 saturated heterocycles. The lowest BCUT2D eigenvalue weighted by atomic mass is 9.91. The fourth-order valence-corrected chi connectivity index (χ4v) is 4.74. The van der Waals surface area contributed by atoms with Crippen molar-refractivity contribution in [1.29, 1.82) is 0 Å². The van der Waals surface area contributed by atoms with Gasteiger partial charge >= 0.3 is 0 Å². The summed E-state index contributed by atoms with van der Waals surface area (Å²) in [6, 6.07) is 5.79. The molecule has 0 unspecified atom stereocenters. The van der Waals surface area contributed by atoms with Crippen LogP contribution in [-0.4, -0.2) is 42.1 Å². The van der Waals surface area contributed by atoms with E-state index in [4.69, 9.17) is 15.2 Å². The van der Waals surface area contributed by atoms with Gasteiger partial charge in [0.15, 0.2) is 17.3 Å². The molecule has 7 nitrogen and oxygen atoms in total. The number of hydrogen-bond donors (Lipinski definition) is 2. The number of ether oxygens (including phenoxy) is 2. The Bertz CT molecular complexity index is 1050. The van der Waals surface area contributed by atoms with E-state index in [9.17, 15) is 4.79 Å². The van der Waals surface area contributed by atoms with E-state index in [-0.39, 0.29) is 24.3 Å². The van der Waals surface area contributed by atoms with Crippen LogP contribution in [0, 0.1) is 0 Å². The zero-order valence-electron chi connectivity index (χ0n) is 17.2. The third-order valence-electron chi connectivity index (χ3n) is 5.56. The molecular weight excluding hydrogens is 400 g/mol. The Morgan fingerprint density at radius 3 is 2.80 bits per heavy atom. The third kappa shape index (κ3) is 4.24. The Hall–Kier alpha value is -2.71. The second-order valence-corrected chi connectivity index (χ2v) is 8.46. The molecule has 0 radical (unpaired) electrons. The van der Waals surface area contributed by atoms with Crippen LogP contribution >= 0.6 is 11.3 Å².